The van der Waals surface area contributed by atoms with Crippen molar-refractivity contribution in [1.29, 1.82) is 0 Å². The van der Waals surface area contributed by atoms with Gasteiger partial charge in [0.25, 0.3) is 5.91 Å². The van der Waals surface area contributed by atoms with Gasteiger partial charge in [-0.1, -0.05) is 38.1 Å². The number of amides is 1. The Bertz CT molecular complexity index is 1030. The molecule has 1 aromatic heterocycles. The maximum absolute atomic E-state index is 13.2. The van der Waals surface area contributed by atoms with Crippen LogP contribution in [0.15, 0.2) is 52.7 Å². The molecule has 2 heterocycles. The van der Waals surface area contributed by atoms with Crippen molar-refractivity contribution in [2.45, 2.75) is 53.0 Å². The number of nitrogens with two attached hydrogens (primary N) is 1. The van der Waals surface area contributed by atoms with Gasteiger partial charge in [0.15, 0.2) is 5.82 Å². The molecule has 1 aliphatic heterocycles. The molecule has 1 aliphatic rings. The summed E-state index contributed by atoms with van der Waals surface area (Å²) >= 11 is 0. The fourth-order valence-corrected chi connectivity index (χ4v) is 3.46. The highest BCUT2D eigenvalue weighted by Gasteiger charge is 2.24. The van der Waals surface area contributed by atoms with Crippen molar-refractivity contribution in [2.75, 3.05) is 11.9 Å². The molecule has 0 radical (unpaired) electrons. The van der Waals surface area contributed by atoms with Crippen molar-refractivity contribution in [2.24, 2.45) is 10.7 Å². The summed E-state index contributed by atoms with van der Waals surface area (Å²) in [4.78, 5) is 19.2. The van der Waals surface area contributed by atoms with Crippen molar-refractivity contribution in [3.05, 3.63) is 58.9 Å². The van der Waals surface area contributed by atoms with E-state index in [9.17, 15) is 4.79 Å². The van der Waals surface area contributed by atoms with Crippen LogP contribution in [0.1, 0.15) is 57.3 Å². The van der Waals surface area contributed by atoms with Gasteiger partial charge in [0.05, 0.1) is 23.5 Å². The molecule has 0 bridgehead atoms. The number of carbonyl (C=O) groups is 1. The Balaban J connectivity index is 1.89. The van der Waals surface area contributed by atoms with Crippen LogP contribution in [0.2, 0.25) is 0 Å². The van der Waals surface area contributed by atoms with Gasteiger partial charge in [-0.2, -0.15) is 10.2 Å². The van der Waals surface area contributed by atoms with Crippen LogP contribution in [0, 0.1) is 6.92 Å². The zero-order valence-electron chi connectivity index (χ0n) is 18.6. The number of hydrogen-bond donors (Lipinski definition) is 3. The number of aliphatic imine (C=N–C) groups is 1. The second kappa shape index (κ2) is 10.1. The maximum atomic E-state index is 13.2. The molecule has 31 heavy (non-hydrogen) atoms. The number of fused-ring (bicyclic) bond motifs is 1. The van der Waals surface area contributed by atoms with Gasteiger partial charge in [-0.3, -0.25) is 4.79 Å². The number of benzene rings is 1. The van der Waals surface area contributed by atoms with E-state index in [4.69, 9.17) is 5.73 Å². The van der Waals surface area contributed by atoms with E-state index in [0.717, 1.165) is 41.9 Å². The number of nitrogens with one attached hydrogen (secondary N) is 2. The number of aryl methyl sites for hydroxylation is 1. The topological polar surface area (TPSA) is 110 Å². The van der Waals surface area contributed by atoms with Crippen LogP contribution < -0.4 is 16.4 Å². The van der Waals surface area contributed by atoms with Crippen molar-refractivity contribution in [3.63, 3.8) is 0 Å². The molecule has 0 fully saturated rings. The molecule has 8 heteroatoms. The first-order chi connectivity index (χ1) is 14.9. The van der Waals surface area contributed by atoms with Crippen LogP contribution in [-0.2, 0) is 4.79 Å². The summed E-state index contributed by atoms with van der Waals surface area (Å²) in [5.41, 5.74) is 10.6. The number of hydrogen-bond acceptors (Lipinski definition) is 5. The van der Waals surface area contributed by atoms with E-state index in [1.165, 1.54) is 4.80 Å². The van der Waals surface area contributed by atoms with Crippen LogP contribution in [0.3, 0.4) is 0 Å². The minimum absolute atomic E-state index is 0.0826. The zero-order chi connectivity index (χ0) is 22.4. The molecular weight excluding hydrogens is 390 g/mol. The molecule has 8 nitrogen and oxygen atoms in total. The summed E-state index contributed by atoms with van der Waals surface area (Å²) in [6.07, 6.45) is 5.70. The summed E-state index contributed by atoms with van der Waals surface area (Å²) in [6, 6.07) is 7.94. The van der Waals surface area contributed by atoms with E-state index >= 15 is 0 Å². The highest BCUT2D eigenvalue weighted by Crippen LogP contribution is 2.29. The first-order valence-corrected chi connectivity index (χ1v) is 10.7. The third-order valence-electron chi connectivity index (χ3n) is 5.25. The number of nitrogens with zero attached hydrogens (tertiary/aromatic N) is 4. The Labute approximate surface area is 183 Å². The minimum atomic E-state index is -0.233. The van der Waals surface area contributed by atoms with Gasteiger partial charge < -0.3 is 16.4 Å². The Hall–Kier alpha value is -3.42. The molecule has 0 aliphatic carbocycles. The maximum Gasteiger partial charge on any atom is 0.255 e. The molecule has 2 aromatic rings. The Kier molecular flexibility index (Phi) is 7.23. The number of aromatic nitrogens is 3. The van der Waals surface area contributed by atoms with Crippen molar-refractivity contribution >= 4 is 23.3 Å². The summed E-state index contributed by atoms with van der Waals surface area (Å²) in [6.45, 7) is 8.61. The lowest BCUT2D eigenvalue weighted by molar-refractivity contribution is -0.117. The van der Waals surface area contributed by atoms with Gasteiger partial charge in [0, 0.05) is 12.2 Å². The van der Waals surface area contributed by atoms with E-state index in [0.29, 0.717) is 17.8 Å². The van der Waals surface area contributed by atoms with E-state index in [1.807, 2.05) is 58.0 Å². The quantitative estimate of drug-likeness (QED) is 0.360. The molecule has 164 valence electrons. The third kappa shape index (κ3) is 5.20. The predicted molar refractivity (Wildman–Crippen MR) is 124 cm³/mol. The lowest BCUT2D eigenvalue weighted by Gasteiger charge is -2.27. The highest BCUT2D eigenvalue weighted by atomic mass is 16.1. The van der Waals surface area contributed by atoms with Gasteiger partial charge in [-0.15, -0.1) is 4.80 Å². The Morgan fingerprint density at radius 1 is 1.39 bits per heavy atom. The first-order valence-electron chi connectivity index (χ1n) is 10.7. The molecular formula is C23H31N7O. The molecule has 1 atom stereocenters. The van der Waals surface area contributed by atoms with Gasteiger partial charge in [-0.25, -0.2) is 4.99 Å². The van der Waals surface area contributed by atoms with Gasteiger partial charge in [0.2, 0.25) is 0 Å². The van der Waals surface area contributed by atoms with E-state index in [1.54, 1.807) is 6.20 Å². The average Bonchev–Trinajstić information content (AvgIpc) is 3.21. The van der Waals surface area contributed by atoms with Crippen LogP contribution in [0.5, 0.6) is 0 Å². The average molecular weight is 422 g/mol. The Morgan fingerprint density at radius 2 is 2.16 bits per heavy atom. The second-order valence-electron chi connectivity index (χ2n) is 7.58. The number of rotatable bonds is 7. The van der Waals surface area contributed by atoms with Crippen molar-refractivity contribution in [1.82, 2.24) is 20.3 Å². The van der Waals surface area contributed by atoms with Crippen molar-refractivity contribution in [3.8, 4) is 0 Å². The minimum Gasteiger partial charge on any atom is -0.385 e. The van der Waals surface area contributed by atoms with Crippen molar-refractivity contribution < 1.29 is 4.79 Å². The first kappa shape index (κ1) is 22.3. The van der Waals surface area contributed by atoms with Crippen LogP contribution >= 0.6 is 0 Å². The summed E-state index contributed by atoms with van der Waals surface area (Å²) < 4.78 is 0. The number of allylic oxidation sites excluding steroid dienone is 2. The van der Waals surface area contributed by atoms with E-state index in [2.05, 4.69) is 25.8 Å². The zero-order valence-corrected chi connectivity index (χ0v) is 18.6. The van der Waals surface area contributed by atoms with Crippen LogP contribution in [0.4, 0.5) is 5.69 Å². The number of anilines is 1. The molecule has 0 saturated carbocycles. The van der Waals surface area contributed by atoms with E-state index < -0.39 is 0 Å². The number of carbonyl (C=O) groups excluding carboxylic acids is 1. The molecule has 1 unspecified atom stereocenters. The molecule has 3 rings (SSSR count). The van der Waals surface area contributed by atoms with Gasteiger partial charge in [0.1, 0.15) is 5.84 Å². The van der Waals surface area contributed by atoms with Crippen LogP contribution in [0.25, 0.3) is 5.82 Å². The summed E-state index contributed by atoms with van der Waals surface area (Å²) in [5, 5.41) is 15.1. The predicted octanol–water partition coefficient (Wildman–Crippen LogP) is 3.55. The number of para-hydroxylation sites is 1. The SMILES string of the molecule is CC/C=C(C(=O)NC1CCNc2ccccc21)/C(N)=N\C(=C(/C)CC)n1ncc(C)n1. The number of amidine groups is 1. The van der Waals surface area contributed by atoms with Gasteiger partial charge >= 0.3 is 0 Å². The highest BCUT2D eigenvalue weighted by molar-refractivity contribution is 6.20. The Morgan fingerprint density at radius 3 is 2.84 bits per heavy atom. The largest absolute Gasteiger partial charge is 0.385 e. The van der Waals surface area contributed by atoms with Gasteiger partial charge in [-0.05, 0) is 50.3 Å². The molecule has 0 spiro atoms. The fourth-order valence-electron chi connectivity index (χ4n) is 3.46. The monoisotopic (exact) mass is 421 g/mol. The lowest BCUT2D eigenvalue weighted by Crippen LogP contribution is -2.37. The fraction of sp³-hybridized carbons (Fsp3) is 0.391. The molecule has 1 aromatic carbocycles. The smallest absolute Gasteiger partial charge is 0.255 e. The molecule has 0 saturated heterocycles. The normalized spacial score (nSPS) is 17.5. The lowest BCUT2D eigenvalue weighted by atomic mass is 9.97. The second-order valence-corrected chi connectivity index (χ2v) is 7.58. The summed E-state index contributed by atoms with van der Waals surface area (Å²) in [7, 11) is 0. The summed E-state index contributed by atoms with van der Waals surface area (Å²) in [5.74, 6) is 0.456. The standard InChI is InChI=1S/C23H31N7O/c1-5-9-18(21(24)28-22(15(3)6-2)30-26-14-16(4)29-30)23(31)27-20-12-13-25-19-11-8-7-10-17(19)20/h7-11,14,20,25H,5-6,12-13H2,1-4H3,(H2,24,28)(H,27,31)/b18-9-,22-15-. The third-order valence-corrected chi connectivity index (χ3v) is 5.25. The molecule has 1 amide bonds. The van der Waals surface area contributed by atoms with E-state index in [-0.39, 0.29) is 17.8 Å². The molecule has 4 N–H and O–H groups in total. The van der Waals surface area contributed by atoms with Crippen LogP contribution in [-0.4, -0.2) is 33.3 Å².